The predicted molar refractivity (Wildman–Crippen MR) is 78.6 cm³/mol. The molecule has 0 aromatic heterocycles. The summed E-state index contributed by atoms with van der Waals surface area (Å²) in [4.78, 5) is 26.3. The maximum Gasteiger partial charge on any atom is 0.325 e. The number of hydrogen-bond acceptors (Lipinski definition) is 3. The van der Waals surface area contributed by atoms with Crippen molar-refractivity contribution >= 4 is 11.9 Å². The molecule has 0 radical (unpaired) electrons. The highest BCUT2D eigenvalue weighted by Crippen LogP contribution is 2.38. The third-order valence-electron chi connectivity index (χ3n) is 5.61. The third kappa shape index (κ3) is 2.68. The molecule has 0 aromatic carbocycles. The van der Waals surface area contributed by atoms with Gasteiger partial charge in [0.05, 0.1) is 12.1 Å². The number of rotatable bonds is 2. The predicted octanol–water partition coefficient (Wildman–Crippen LogP) is 2.18. The van der Waals surface area contributed by atoms with Crippen molar-refractivity contribution in [2.24, 2.45) is 5.92 Å². The number of carbonyl (C=O) groups is 2. The van der Waals surface area contributed by atoms with E-state index in [-0.39, 0.29) is 18.5 Å². The molecule has 0 bridgehead atoms. The highest BCUT2D eigenvalue weighted by Gasteiger charge is 2.53. The van der Waals surface area contributed by atoms with Crippen molar-refractivity contribution in [1.82, 2.24) is 10.2 Å². The summed E-state index contributed by atoms with van der Waals surface area (Å²) in [6, 6.07) is -0.312. The van der Waals surface area contributed by atoms with Gasteiger partial charge in [-0.1, -0.05) is 26.2 Å². The second kappa shape index (κ2) is 5.27. The van der Waals surface area contributed by atoms with Gasteiger partial charge in [0, 0.05) is 0 Å². The van der Waals surface area contributed by atoms with E-state index in [2.05, 4.69) is 12.2 Å². The third-order valence-corrected chi connectivity index (χ3v) is 5.61. The molecule has 5 heteroatoms. The lowest BCUT2D eigenvalue weighted by Gasteiger charge is -2.36. The van der Waals surface area contributed by atoms with Crippen LogP contribution in [0, 0.1) is 5.92 Å². The summed E-state index contributed by atoms with van der Waals surface area (Å²) in [6.07, 6.45) is 7.87. The number of aliphatic hydroxyl groups is 1. The van der Waals surface area contributed by atoms with Crippen LogP contribution >= 0.6 is 0 Å². The van der Waals surface area contributed by atoms with Gasteiger partial charge in [-0.2, -0.15) is 0 Å². The summed E-state index contributed by atoms with van der Waals surface area (Å²) in [6.45, 7) is 2.35. The zero-order valence-corrected chi connectivity index (χ0v) is 12.9. The van der Waals surface area contributed by atoms with Crippen molar-refractivity contribution in [2.75, 3.05) is 6.54 Å². The molecule has 2 N–H and O–H groups in total. The summed E-state index contributed by atoms with van der Waals surface area (Å²) in [5.41, 5.74) is -1.56. The van der Waals surface area contributed by atoms with E-state index in [0.29, 0.717) is 18.8 Å². The van der Waals surface area contributed by atoms with Gasteiger partial charge in [0.15, 0.2) is 0 Å². The molecule has 1 aliphatic heterocycles. The molecule has 3 amide bonds. The number of imide groups is 1. The van der Waals surface area contributed by atoms with Crippen LogP contribution in [0.3, 0.4) is 0 Å². The van der Waals surface area contributed by atoms with Crippen molar-refractivity contribution in [2.45, 2.75) is 75.9 Å². The minimum absolute atomic E-state index is 0.113. The van der Waals surface area contributed by atoms with Crippen LogP contribution in [0.15, 0.2) is 0 Å². The Morgan fingerprint density at radius 1 is 1.14 bits per heavy atom. The SMILES string of the molecule is CC1CCC2(CC1)NC(=O)N(CC1(O)CCCCC1)C2=O. The summed E-state index contributed by atoms with van der Waals surface area (Å²) in [5, 5.41) is 13.5. The number of carbonyl (C=O) groups excluding carboxylic acids is 2. The molecule has 2 saturated carbocycles. The average molecular weight is 294 g/mol. The Morgan fingerprint density at radius 3 is 2.38 bits per heavy atom. The topological polar surface area (TPSA) is 69.6 Å². The van der Waals surface area contributed by atoms with Crippen molar-refractivity contribution in [3.63, 3.8) is 0 Å². The zero-order chi connectivity index (χ0) is 15.1. The second-order valence-electron chi connectivity index (χ2n) is 7.37. The molecule has 0 unspecified atom stereocenters. The lowest BCUT2D eigenvalue weighted by Crippen LogP contribution is -2.51. The Bertz CT molecular complexity index is 435. The molecule has 3 fully saturated rings. The smallest absolute Gasteiger partial charge is 0.325 e. The first-order chi connectivity index (χ1) is 9.94. The van der Waals surface area contributed by atoms with E-state index in [9.17, 15) is 14.7 Å². The van der Waals surface area contributed by atoms with Gasteiger partial charge in [-0.15, -0.1) is 0 Å². The summed E-state index contributed by atoms with van der Waals surface area (Å²) in [7, 11) is 0. The number of nitrogens with one attached hydrogen (secondary N) is 1. The Morgan fingerprint density at radius 2 is 1.76 bits per heavy atom. The van der Waals surface area contributed by atoms with E-state index in [0.717, 1.165) is 44.9 Å². The van der Waals surface area contributed by atoms with Gasteiger partial charge in [-0.25, -0.2) is 4.79 Å². The maximum atomic E-state index is 12.7. The van der Waals surface area contributed by atoms with E-state index in [1.54, 1.807) is 0 Å². The fraction of sp³-hybridized carbons (Fsp3) is 0.875. The van der Waals surface area contributed by atoms with E-state index in [4.69, 9.17) is 0 Å². The van der Waals surface area contributed by atoms with E-state index >= 15 is 0 Å². The van der Waals surface area contributed by atoms with Gasteiger partial charge >= 0.3 is 6.03 Å². The van der Waals surface area contributed by atoms with Gasteiger partial charge in [-0.3, -0.25) is 9.69 Å². The van der Waals surface area contributed by atoms with Gasteiger partial charge in [0.25, 0.3) is 5.91 Å². The quantitative estimate of drug-likeness (QED) is 0.767. The first kappa shape index (κ1) is 14.8. The first-order valence-electron chi connectivity index (χ1n) is 8.31. The molecule has 0 atom stereocenters. The van der Waals surface area contributed by atoms with Crippen LogP contribution in [0.1, 0.15) is 64.7 Å². The van der Waals surface area contributed by atoms with E-state index < -0.39 is 11.1 Å². The fourth-order valence-electron chi connectivity index (χ4n) is 4.08. The monoisotopic (exact) mass is 294 g/mol. The number of hydrogen-bond donors (Lipinski definition) is 2. The molecule has 5 nitrogen and oxygen atoms in total. The Hall–Kier alpha value is -1.10. The molecule has 1 saturated heterocycles. The standard InChI is InChI=1S/C16H26N2O3/c1-12-5-9-16(10-6-12)13(19)18(14(20)17-16)11-15(21)7-3-2-4-8-15/h12,21H,2-11H2,1H3,(H,17,20). The zero-order valence-electron chi connectivity index (χ0n) is 12.9. The molecule has 2 aliphatic carbocycles. The van der Waals surface area contributed by atoms with Gasteiger partial charge in [0.1, 0.15) is 5.54 Å². The van der Waals surface area contributed by atoms with Gasteiger partial charge in [-0.05, 0) is 44.4 Å². The Labute approximate surface area is 126 Å². The highest BCUT2D eigenvalue weighted by molar-refractivity contribution is 6.07. The molecule has 3 aliphatic rings. The summed E-state index contributed by atoms with van der Waals surface area (Å²) in [5.74, 6) is 0.510. The fourth-order valence-corrected chi connectivity index (χ4v) is 4.08. The van der Waals surface area contributed by atoms with Crippen LogP contribution in [0.2, 0.25) is 0 Å². The summed E-state index contributed by atoms with van der Waals surface area (Å²) >= 11 is 0. The number of amides is 3. The van der Waals surface area contributed by atoms with Crippen LogP contribution in [0.4, 0.5) is 4.79 Å². The largest absolute Gasteiger partial charge is 0.388 e. The molecule has 1 heterocycles. The van der Waals surface area contributed by atoms with Gasteiger partial charge in [0.2, 0.25) is 0 Å². The molecule has 1 spiro atoms. The lowest BCUT2D eigenvalue weighted by molar-refractivity contribution is -0.135. The molecular weight excluding hydrogens is 268 g/mol. The van der Waals surface area contributed by atoms with Crippen LogP contribution < -0.4 is 5.32 Å². The minimum atomic E-state index is -0.876. The summed E-state index contributed by atoms with van der Waals surface area (Å²) < 4.78 is 0. The van der Waals surface area contributed by atoms with Crippen molar-refractivity contribution < 1.29 is 14.7 Å². The number of β-amino-alcohol motifs (C(OH)–C–C–N with tert-alkyl or cyclic N) is 1. The highest BCUT2D eigenvalue weighted by atomic mass is 16.3. The molecular formula is C16H26N2O3. The van der Waals surface area contributed by atoms with Gasteiger partial charge < -0.3 is 10.4 Å². The Balaban J connectivity index is 1.72. The van der Waals surface area contributed by atoms with Crippen molar-refractivity contribution in [3.05, 3.63) is 0 Å². The van der Waals surface area contributed by atoms with E-state index in [1.165, 1.54) is 4.90 Å². The van der Waals surface area contributed by atoms with Crippen molar-refractivity contribution in [3.8, 4) is 0 Å². The second-order valence-corrected chi connectivity index (χ2v) is 7.37. The van der Waals surface area contributed by atoms with Crippen molar-refractivity contribution in [1.29, 1.82) is 0 Å². The van der Waals surface area contributed by atoms with Crippen LogP contribution in [0.5, 0.6) is 0 Å². The number of urea groups is 1. The molecule has 21 heavy (non-hydrogen) atoms. The molecule has 3 rings (SSSR count). The molecule has 0 aromatic rings. The minimum Gasteiger partial charge on any atom is -0.388 e. The van der Waals surface area contributed by atoms with Crippen LogP contribution in [-0.2, 0) is 4.79 Å². The number of nitrogens with zero attached hydrogens (tertiary/aromatic N) is 1. The maximum absolute atomic E-state index is 12.7. The first-order valence-corrected chi connectivity index (χ1v) is 8.31. The Kier molecular flexibility index (Phi) is 3.72. The lowest BCUT2D eigenvalue weighted by atomic mass is 9.77. The normalized spacial score (nSPS) is 36.1. The van der Waals surface area contributed by atoms with E-state index in [1.807, 2.05) is 0 Å². The average Bonchev–Trinajstić information content (AvgIpc) is 2.68. The van der Waals surface area contributed by atoms with Crippen LogP contribution in [-0.4, -0.2) is 39.6 Å². The van der Waals surface area contributed by atoms with Crippen LogP contribution in [0.25, 0.3) is 0 Å². The molecule has 118 valence electrons.